The molecule has 0 fully saturated rings. The number of rotatable bonds is 1. The van der Waals surface area contributed by atoms with Crippen molar-refractivity contribution >= 4 is 32.5 Å². The van der Waals surface area contributed by atoms with Crippen LogP contribution in [0.2, 0.25) is 5.02 Å². The van der Waals surface area contributed by atoms with Gasteiger partial charge in [0.1, 0.15) is 5.75 Å². The summed E-state index contributed by atoms with van der Waals surface area (Å²) in [5.41, 5.74) is 0. The first kappa shape index (κ1) is 11.2. The molecule has 2 N–H and O–H groups in total. The predicted molar refractivity (Wildman–Crippen MR) is 60.4 cm³/mol. The molecule has 84 valence electrons. The second kappa shape index (κ2) is 3.62. The monoisotopic (exact) mass is 258 g/mol. The van der Waals surface area contributed by atoms with Crippen LogP contribution in [0.1, 0.15) is 0 Å². The molecular formula is C10H7ClO4S. The highest BCUT2D eigenvalue weighted by atomic mass is 35.5. The number of halogens is 1. The smallest absolute Gasteiger partial charge is 0.294 e. The van der Waals surface area contributed by atoms with Crippen LogP contribution in [-0.4, -0.2) is 18.1 Å². The minimum atomic E-state index is -4.32. The fourth-order valence-corrected chi connectivity index (χ4v) is 2.14. The van der Waals surface area contributed by atoms with Gasteiger partial charge in [-0.05, 0) is 23.6 Å². The Morgan fingerprint density at radius 3 is 2.44 bits per heavy atom. The van der Waals surface area contributed by atoms with Crippen LogP contribution < -0.4 is 0 Å². The molecule has 0 radical (unpaired) electrons. The van der Waals surface area contributed by atoms with Crippen molar-refractivity contribution in [1.29, 1.82) is 0 Å². The second-order valence-corrected chi connectivity index (χ2v) is 5.14. The van der Waals surface area contributed by atoms with Crippen LogP contribution in [0.15, 0.2) is 35.2 Å². The van der Waals surface area contributed by atoms with Crippen LogP contribution in [0.5, 0.6) is 5.75 Å². The van der Waals surface area contributed by atoms with Gasteiger partial charge in [-0.25, -0.2) is 0 Å². The minimum Gasteiger partial charge on any atom is -0.507 e. The Bertz CT molecular complexity index is 664. The Kier molecular flexibility index (Phi) is 2.53. The molecule has 0 saturated heterocycles. The molecule has 0 heterocycles. The Labute approximate surface area is 96.8 Å². The molecule has 0 amide bonds. The summed E-state index contributed by atoms with van der Waals surface area (Å²) in [5.74, 6) is -0.243. The summed E-state index contributed by atoms with van der Waals surface area (Å²) in [7, 11) is -4.32. The molecule has 0 bridgehead atoms. The summed E-state index contributed by atoms with van der Waals surface area (Å²) in [4.78, 5) is -0.347. The van der Waals surface area contributed by atoms with Crippen molar-refractivity contribution < 1.29 is 18.1 Å². The van der Waals surface area contributed by atoms with Gasteiger partial charge in [0.2, 0.25) is 0 Å². The molecule has 0 aromatic heterocycles. The molecule has 6 heteroatoms. The summed E-state index contributed by atoms with van der Waals surface area (Å²) in [6.45, 7) is 0. The quantitative estimate of drug-likeness (QED) is 0.771. The highest BCUT2D eigenvalue weighted by Gasteiger charge is 2.13. The number of phenolic OH excluding ortho intramolecular Hbond substituents is 1. The highest BCUT2D eigenvalue weighted by Crippen LogP contribution is 2.30. The first-order valence-corrected chi connectivity index (χ1v) is 6.09. The van der Waals surface area contributed by atoms with Crippen molar-refractivity contribution in [3.05, 3.63) is 35.4 Å². The van der Waals surface area contributed by atoms with E-state index in [0.717, 1.165) is 6.07 Å². The van der Waals surface area contributed by atoms with Gasteiger partial charge in [-0.3, -0.25) is 4.55 Å². The molecule has 0 spiro atoms. The zero-order valence-corrected chi connectivity index (χ0v) is 9.46. The average molecular weight is 259 g/mol. The Morgan fingerprint density at radius 1 is 1.12 bits per heavy atom. The number of benzene rings is 2. The highest BCUT2D eigenvalue weighted by molar-refractivity contribution is 7.85. The number of hydrogen-bond acceptors (Lipinski definition) is 3. The second-order valence-electron chi connectivity index (χ2n) is 3.28. The van der Waals surface area contributed by atoms with Crippen LogP contribution >= 0.6 is 11.6 Å². The molecule has 2 rings (SSSR count). The van der Waals surface area contributed by atoms with E-state index in [0.29, 0.717) is 15.8 Å². The zero-order valence-electron chi connectivity index (χ0n) is 7.88. The van der Waals surface area contributed by atoms with E-state index in [1.54, 1.807) is 12.1 Å². The van der Waals surface area contributed by atoms with Gasteiger partial charge < -0.3 is 5.11 Å². The van der Waals surface area contributed by atoms with E-state index in [4.69, 9.17) is 16.2 Å². The lowest BCUT2D eigenvalue weighted by Gasteiger charge is -2.04. The van der Waals surface area contributed by atoms with Crippen molar-refractivity contribution in [3.8, 4) is 5.75 Å². The van der Waals surface area contributed by atoms with Gasteiger partial charge in [-0.15, -0.1) is 0 Å². The summed E-state index contributed by atoms with van der Waals surface area (Å²) < 4.78 is 30.7. The normalized spacial score (nSPS) is 11.9. The molecule has 4 nitrogen and oxygen atoms in total. The van der Waals surface area contributed by atoms with Crippen LogP contribution in [0, 0.1) is 0 Å². The van der Waals surface area contributed by atoms with E-state index < -0.39 is 10.1 Å². The van der Waals surface area contributed by atoms with E-state index in [9.17, 15) is 13.5 Å². The first-order valence-electron chi connectivity index (χ1n) is 4.28. The third-order valence-electron chi connectivity index (χ3n) is 2.17. The molecule has 0 aliphatic carbocycles. The maximum absolute atomic E-state index is 10.9. The fraction of sp³-hybridized carbons (Fsp3) is 0. The van der Waals surface area contributed by atoms with E-state index in [1.807, 2.05) is 0 Å². The van der Waals surface area contributed by atoms with Crippen LogP contribution in [0.25, 0.3) is 10.8 Å². The standard InChI is InChI=1S/C10H7ClO4S/c11-7-2-1-6-3-8(16(13,14)15)5-10(12)9(6)4-7/h1-5,12H,(H,13,14,15). The van der Waals surface area contributed by atoms with Gasteiger partial charge in [0.25, 0.3) is 10.1 Å². The summed E-state index contributed by atoms with van der Waals surface area (Å²) >= 11 is 5.74. The summed E-state index contributed by atoms with van der Waals surface area (Å²) in [6, 6.07) is 6.89. The van der Waals surface area contributed by atoms with Gasteiger partial charge in [0.15, 0.2) is 0 Å². The molecule has 2 aromatic rings. The van der Waals surface area contributed by atoms with E-state index >= 15 is 0 Å². The predicted octanol–water partition coefficient (Wildman–Crippen LogP) is 2.45. The van der Waals surface area contributed by atoms with E-state index in [1.165, 1.54) is 12.1 Å². The molecule has 16 heavy (non-hydrogen) atoms. The third kappa shape index (κ3) is 1.97. The van der Waals surface area contributed by atoms with Crippen LogP contribution in [-0.2, 0) is 10.1 Å². The molecule has 0 atom stereocenters. The van der Waals surface area contributed by atoms with Gasteiger partial charge >= 0.3 is 0 Å². The topological polar surface area (TPSA) is 74.6 Å². The maximum Gasteiger partial charge on any atom is 0.294 e. The zero-order chi connectivity index (χ0) is 11.9. The lowest BCUT2D eigenvalue weighted by Crippen LogP contribution is -1.97. The van der Waals surface area contributed by atoms with Crippen molar-refractivity contribution in [2.45, 2.75) is 4.90 Å². The lowest BCUT2D eigenvalue weighted by atomic mass is 10.1. The summed E-state index contributed by atoms with van der Waals surface area (Å²) in [6.07, 6.45) is 0. The minimum absolute atomic E-state index is 0.243. The Hall–Kier alpha value is -1.30. The van der Waals surface area contributed by atoms with Gasteiger partial charge in [0.05, 0.1) is 4.90 Å². The Morgan fingerprint density at radius 2 is 1.81 bits per heavy atom. The molecule has 0 unspecified atom stereocenters. The van der Waals surface area contributed by atoms with Crippen molar-refractivity contribution in [2.75, 3.05) is 0 Å². The lowest BCUT2D eigenvalue weighted by molar-refractivity contribution is 0.471. The molecule has 0 aliphatic rings. The van der Waals surface area contributed by atoms with Crippen LogP contribution in [0.3, 0.4) is 0 Å². The van der Waals surface area contributed by atoms with E-state index in [2.05, 4.69) is 0 Å². The van der Waals surface area contributed by atoms with E-state index in [-0.39, 0.29) is 10.6 Å². The van der Waals surface area contributed by atoms with Crippen molar-refractivity contribution in [2.24, 2.45) is 0 Å². The molecule has 2 aromatic carbocycles. The van der Waals surface area contributed by atoms with Gasteiger partial charge in [-0.2, -0.15) is 8.42 Å². The number of hydrogen-bond donors (Lipinski definition) is 2. The molecule has 0 saturated carbocycles. The van der Waals surface area contributed by atoms with Gasteiger partial charge in [-0.1, -0.05) is 17.7 Å². The van der Waals surface area contributed by atoms with Gasteiger partial charge in [0, 0.05) is 16.5 Å². The van der Waals surface area contributed by atoms with Crippen molar-refractivity contribution in [3.63, 3.8) is 0 Å². The SMILES string of the molecule is O=S(=O)(O)c1cc(O)c2cc(Cl)ccc2c1. The largest absolute Gasteiger partial charge is 0.507 e. The number of fused-ring (bicyclic) bond motifs is 1. The number of aromatic hydroxyl groups is 1. The first-order chi connectivity index (χ1) is 7.38. The fourth-order valence-electron chi connectivity index (χ4n) is 1.43. The van der Waals surface area contributed by atoms with Crippen LogP contribution in [0.4, 0.5) is 0 Å². The number of phenols is 1. The van der Waals surface area contributed by atoms with Crippen molar-refractivity contribution in [1.82, 2.24) is 0 Å². The summed E-state index contributed by atoms with van der Waals surface area (Å²) in [5, 5.41) is 11.0. The molecular weight excluding hydrogens is 252 g/mol. The third-order valence-corrected chi connectivity index (χ3v) is 3.23. The average Bonchev–Trinajstić information content (AvgIpc) is 2.17. The maximum atomic E-state index is 10.9. The Balaban J connectivity index is 2.84. The molecule has 0 aliphatic heterocycles.